The maximum atomic E-state index is 14.2. The highest BCUT2D eigenvalue weighted by atomic mass is 35.5. The van der Waals surface area contributed by atoms with Crippen molar-refractivity contribution in [3.05, 3.63) is 77.6 Å². The Kier molecular flexibility index (Phi) is 6.08. The summed E-state index contributed by atoms with van der Waals surface area (Å²) in [6, 6.07) is 13.1. The number of hydrogen-bond acceptors (Lipinski definition) is 4. The number of halogens is 2. The number of benzene rings is 2. The van der Waals surface area contributed by atoms with Crippen LogP contribution in [0.3, 0.4) is 0 Å². The summed E-state index contributed by atoms with van der Waals surface area (Å²) in [6.45, 7) is 5.95. The molecule has 3 rings (SSSR count). The molecule has 1 heterocycles. The molecule has 0 aliphatic heterocycles. The Morgan fingerprint density at radius 2 is 1.96 bits per heavy atom. The first kappa shape index (κ1) is 19.3. The summed E-state index contributed by atoms with van der Waals surface area (Å²) in [4.78, 5) is 12.7. The van der Waals surface area contributed by atoms with Gasteiger partial charge in [-0.15, -0.1) is 16.8 Å². The highest BCUT2D eigenvalue weighted by Gasteiger charge is 2.22. The van der Waals surface area contributed by atoms with Crippen LogP contribution in [0.15, 0.2) is 66.3 Å². The van der Waals surface area contributed by atoms with Crippen molar-refractivity contribution in [3.8, 4) is 11.4 Å². The van der Waals surface area contributed by atoms with E-state index >= 15 is 0 Å². The Morgan fingerprint density at radius 1 is 1.26 bits per heavy atom. The van der Waals surface area contributed by atoms with Gasteiger partial charge in [0.15, 0.2) is 16.8 Å². The lowest BCUT2D eigenvalue weighted by Crippen LogP contribution is -2.14. The average Bonchev–Trinajstić information content (AvgIpc) is 3.05. The van der Waals surface area contributed by atoms with Gasteiger partial charge in [-0.3, -0.25) is 9.36 Å². The van der Waals surface area contributed by atoms with E-state index in [0.717, 1.165) is 0 Å². The van der Waals surface area contributed by atoms with Gasteiger partial charge in [0, 0.05) is 17.1 Å². The lowest BCUT2D eigenvalue weighted by atomic mass is 10.1. The van der Waals surface area contributed by atoms with Gasteiger partial charge in [0.05, 0.1) is 10.8 Å². The van der Waals surface area contributed by atoms with E-state index in [9.17, 15) is 9.18 Å². The molecule has 0 aliphatic carbocycles. The number of hydrogen-bond donors (Lipinski definition) is 0. The fourth-order valence-corrected chi connectivity index (χ4v) is 3.63. The molecule has 0 N–H and O–H groups in total. The molecule has 1 aromatic heterocycles. The smallest absolute Gasteiger partial charge is 0.192 e. The number of thioether (sulfide) groups is 1. The van der Waals surface area contributed by atoms with Crippen LogP contribution in [0.2, 0.25) is 5.02 Å². The Hall–Kier alpha value is -2.44. The molecule has 0 spiro atoms. The number of nitrogens with zero attached hydrogens (tertiary/aromatic N) is 3. The summed E-state index contributed by atoms with van der Waals surface area (Å²) in [5.41, 5.74) is 0.930. The highest BCUT2D eigenvalue weighted by Crippen LogP contribution is 2.29. The predicted molar refractivity (Wildman–Crippen MR) is 107 cm³/mol. The highest BCUT2D eigenvalue weighted by molar-refractivity contribution is 8.00. The third kappa shape index (κ3) is 4.28. The second-order valence-electron chi connectivity index (χ2n) is 5.82. The lowest BCUT2D eigenvalue weighted by Gasteiger charge is -2.12. The lowest BCUT2D eigenvalue weighted by molar-refractivity contribution is 0.0994. The number of Topliss-reactive ketones (excluding diaryl/α,β-unsaturated/α-hetero) is 1. The van der Waals surface area contributed by atoms with Crippen molar-refractivity contribution in [2.75, 3.05) is 0 Å². The van der Waals surface area contributed by atoms with Gasteiger partial charge in [0.25, 0.3) is 0 Å². The minimum absolute atomic E-state index is 0.0442. The largest absolute Gasteiger partial charge is 0.298 e. The summed E-state index contributed by atoms with van der Waals surface area (Å²) in [6.07, 6.45) is 1.68. The zero-order valence-corrected chi connectivity index (χ0v) is 16.2. The molecule has 1 atom stereocenters. The first-order chi connectivity index (χ1) is 13.0. The van der Waals surface area contributed by atoms with Gasteiger partial charge >= 0.3 is 0 Å². The van der Waals surface area contributed by atoms with Crippen LogP contribution in [0, 0.1) is 5.82 Å². The van der Waals surface area contributed by atoms with Crippen LogP contribution in [0.25, 0.3) is 11.4 Å². The van der Waals surface area contributed by atoms with Crippen molar-refractivity contribution in [3.63, 3.8) is 0 Å². The van der Waals surface area contributed by atoms with E-state index in [1.54, 1.807) is 60.0 Å². The van der Waals surface area contributed by atoms with Crippen molar-refractivity contribution in [1.29, 1.82) is 0 Å². The van der Waals surface area contributed by atoms with Gasteiger partial charge in [0.1, 0.15) is 5.82 Å². The zero-order valence-electron chi connectivity index (χ0n) is 14.6. The number of rotatable bonds is 7. The number of carbonyl (C=O) groups is 1. The second-order valence-corrected chi connectivity index (χ2v) is 7.56. The molecular weight excluding hydrogens is 385 g/mol. The Labute approximate surface area is 166 Å². The molecule has 2 aromatic carbocycles. The third-order valence-corrected chi connectivity index (χ3v) is 5.26. The summed E-state index contributed by atoms with van der Waals surface area (Å²) in [5, 5.41) is 9.02. The summed E-state index contributed by atoms with van der Waals surface area (Å²) in [5.74, 6) is -0.0176. The van der Waals surface area contributed by atoms with Crippen molar-refractivity contribution >= 4 is 29.1 Å². The standard InChI is InChI=1S/C20H17ClFN3OS/c1-3-12-25-19(16-6-4-5-7-17(16)22)23-24-20(25)27-13(2)18(26)14-8-10-15(21)11-9-14/h3-11,13H,1,12H2,2H3. The number of allylic oxidation sites excluding steroid dienone is 1. The van der Waals surface area contributed by atoms with Crippen LogP contribution in [-0.2, 0) is 6.54 Å². The maximum Gasteiger partial charge on any atom is 0.192 e. The van der Waals surface area contributed by atoms with Gasteiger partial charge in [0.2, 0.25) is 0 Å². The van der Waals surface area contributed by atoms with Crippen LogP contribution >= 0.6 is 23.4 Å². The van der Waals surface area contributed by atoms with Crippen molar-refractivity contribution in [1.82, 2.24) is 14.8 Å². The molecule has 138 valence electrons. The summed E-state index contributed by atoms with van der Waals surface area (Å²) < 4.78 is 15.9. The number of aromatic nitrogens is 3. The molecule has 0 aliphatic rings. The number of ketones is 1. The van der Waals surface area contributed by atoms with Crippen LogP contribution in [0.1, 0.15) is 17.3 Å². The van der Waals surface area contributed by atoms with Crippen molar-refractivity contribution in [2.24, 2.45) is 0 Å². The van der Waals surface area contributed by atoms with Crippen molar-refractivity contribution in [2.45, 2.75) is 23.9 Å². The fourth-order valence-electron chi connectivity index (χ4n) is 2.57. The average molecular weight is 402 g/mol. The Bertz CT molecular complexity index is 972. The van der Waals surface area contributed by atoms with E-state index in [1.807, 2.05) is 0 Å². The van der Waals surface area contributed by atoms with Crippen LogP contribution in [-0.4, -0.2) is 25.8 Å². The van der Waals surface area contributed by atoms with Gasteiger partial charge < -0.3 is 0 Å². The van der Waals surface area contributed by atoms with E-state index < -0.39 is 5.25 Å². The summed E-state index contributed by atoms with van der Waals surface area (Å²) in [7, 11) is 0. The van der Waals surface area contributed by atoms with Gasteiger partial charge in [-0.25, -0.2) is 4.39 Å². The topological polar surface area (TPSA) is 47.8 Å². The van der Waals surface area contributed by atoms with Gasteiger partial charge in [-0.1, -0.05) is 41.6 Å². The number of carbonyl (C=O) groups excluding carboxylic acids is 1. The third-order valence-electron chi connectivity index (χ3n) is 3.92. The Morgan fingerprint density at radius 3 is 2.63 bits per heavy atom. The van der Waals surface area contributed by atoms with Gasteiger partial charge in [-0.2, -0.15) is 0 Å². The normalized spacial score (nSPS) is 12.0. The predicted octanol–water partition coefficient (Wildman–Crippen LogP) is 5.29. The van der Waals surface area contributed by atoms with Crippen LogP contribution < -0.4 is 0 Å². The minimum atomic E-state index is -0.396. The molecule has 0 saturated heterocycles. The minimum Gasteiger partial charge on any atom is -0.298 e. The molecule has 0 amide bonds. The monoisotopic (exact) mass is 401 g/mol. The molecule has 0 radical (unpaired) electrons. The molecule has 3 aromatic rings. The first-order valence-corrected chi connectivity index (χ1v) is 9.52. The quantitative estimate of drug-likeness (QED) is 0.306. The zero-order chi connectivity index (χ0) is 19.4. The Balaban J connectivity index is 1.88. The van der Waals surface area contributed by atoms with E-state index in [4.69, 9.17) is 11.6 Å². The van der Waals surface area contributed by atoms with Crippen molar-refractivity contribution < 1.29 is 9.18 Å². The van der Waals surface area contributed by atoms with Crippen LogP contribution in [0.5, 0.6) is 0 Å². The molecule has 0 bridgehead atoms. The maximum absolute atomic E-state index is 14.2. The van der Waals surface area contributed by atoms with Gasteiger partial charge in [-0.05, 0) is 43.3 Å². The SMILES string of the molecule is C=CCn1c(SC(C)C(=O)c2ccc(Cl)cc2)nnc1-c1ccccc1F. The van der Waals surface area contributed by atoms with E-state index in [2.05, 4.69) is 16.8 Å². The molecule has 7 heteroatoms. The second kappa shape index (κ2) is 8.50. The summed E-state index contributed by atoms with van der Waals surface area (Å²) >= 11 is 7.15. The van der Waals surface area contributed by atoms with E-state index in [1.165, 1.54) is 17.8 Å². The molecule has 0 fully saturated rings. The van der Waals surface area contributed by atoms with E-state index in [-0.39, 0.29) is 11.6 Å². The molecular formula is C20H17ClFN3OS. The molecule has 27 heavy (non-hydrogen) atoms. The molecule has 0 saturated carbocycles. The van der Waals surface area contributed by atoms with Crippen LogP contribution in [0.4, 0.5) is 4.39 Å². The molecule has 4 nitrogen and oxygen atoms in total. The fraction of sp³-hybridized carbons (Fsp3) is 0.150. The first-order valence-electron chi connectivity index (χ1n) is 8.26. The molecule has 1 unspecified atom stereocenters. The van der Waals surface area contributed by atoms with E-state index in [0.29, 0.717) is 33.7 Å².